The van der Waals surface area contributed by atoms with Crippen molar-refractivity contribution in [2.75, 3.05) is 6.54 Å². The number of sulfonamides is 1. The number of aromatic amines is 1. The maximum atomic E-state index is 12.7. The van der Waals surface area contributed by atoms with Crippen LogP contribution in [-0.4, -0.2) is 34.4 Å². The van der Waals surface area contributed by atoms with Crippen molar-refractivity contribution in [3.8, 4) is 0 Å². The normalized spacial score (nSPS) is 16.5. The molecule has 0 aliphatic carbocycles. The predicted octanol–water partition coefficient (Wildman–Crippen LogP) is 1.23. The minimum Gasteiger partial charge on any atom is -0.281 e. The Bertz CT molecular complexity index is 697. The fourth-order valence-electron chi connectivity index (χ4n) is 2.35. The maximum absolute atomic E-state index is 12.7. The van der Waals surface area contributed by atoms with Crippen molar-refractivity contribution in [2.45, 2.75) is 31.7 Å². The van der Waals surface area contributed by atoms with Gasteiger partial charge >= 0.3 is 0 Å². The van der Waals surface area contributed by atoms with Gasteiger partial charge in [-0.2, -0.15) is 9.40 Å². The Morgan fingerprint density at radius 2 is 2.21 bits per heavy atom. The molecule has 1 N–H and O–H groups in total. The van der Waals surface area contributed by atoms with E-state index in [9.17, 15) is 8.42 Å². The molecule has 0 unspecified atom stereocenters. The summed E-state index contributed by atoms with van der Waals surface area (Å²) in [5.74, 6) is 0. The van der Waals surface area contributed by atoms with E-state index >= 15 is 0 Å². The summed E-state index contributed by atoms with van der Waals surface area (Å²) in [7, 11) is -3.48. The van der Waals surface area contributed by atoms with E-state index in [2.05, 4.69) is 15.2 Å². The van der Waals surface area contributed by atoms with Crippen LogP contribution in [0.25, 0.3) is 0 Å². The molecule has 0 bridgehead atoms. The van der Waals surface area contributed by atoms with E-state index in [1.165, 1.54) is 15.6 Å². The minimum atomic E-state index is -3.48. The Morgan fingerprint density at radius 3 is 2.89 bits per heavy atom. The van der Waals surface area contributed by atoms with Crippen LogP contribution in [0.5, 0.6) is 0 Å². The number of nitrogens with zero attached hydrogens (tertiary/aromatic N) is 3. The lowest BCUT2D eigenvalue weighted by atomic mass is 10.2. The average molecular weight is 298 g/mol. The molecule has 0 saturated heterocycles. The molecule has 0 saturated carbocycles. The van der Waals surface area contributed by atoms with Crippen molar-refractivity contribution in [1.82, 2.24) is 19.5 Å². The first-order valence-corrected chi connectivity index (χ1v) is 8.25. The monoisotopic (exact) mass is 298 g/mol. The number of aromatic nitrogens is 3. The van der Waals surface area contributed by atoms with E-state index in [1.807, 2.05) is 0 Å². The van der Waals surface area contributed by atoms with Crippen LogP contribution in [0.15, 0.2) is 10.4 Å². The van der Waals surface area contributed by atoms with Gasteiger partial charge in [-0.1, -0.05) is 0 Å². The summed E-state index contributed by atoms with van der Waals surface area (Å²) in [6, 6.07) is 0. The highest BCUT2D eigenvalue weighted by atomic mass is 32.2. The van der Waals surface area contributed by atoms with E-state index in [0.717, 1.165) is 10.6 Å². The molecule has 3 rings (SSSR count). The van der Waals surface area contributed by atoms with Gasteiger partial charge in [-0.25, -0.2) is 13.4 Å². The Hall–Kier alpha value is -1.25. The van der Waals surface area contributed by atoms with Gasteiger partial charge in [0.15, 0.2) is 0 Å². The van der Waals surface area contributed by atoms with Crippen molar-refractivity contribution < 1.29 is 8.42 Å². The van der Waals surface area contributed by atoms with Crippen LogP contribution in [0.2, 0.25) is 0 Å². The Kier molecular flexibility index (Phi) is 2.95. The number of thiazole rings is 1. The molecule has 2 aromatic rings. The molecule has 0 fully saturated rings. The smallest absolute Gasteiger partial charge is 0.247 e. The van der Waals surface area contributed by atoms with Gasteiger partial charge < -0.3 is 0 Å². The van der Waals surface area contributed by atoms with Gasteiger partial charge in [-0.3, -0.25) is 5.10 Å². The second-order valence-corrected chi connectivity index (χ2v) is 7.39. The van der Waals surface area contributed by atoms with Crippen molar-refractivity contribution in [3.63, 3.8) is 0 Å². The first kappa shape index (κ1) is 12.8. The van der Waals surface area contributed by atoms with Crippen LogP contribution in [-0.2, 0) is 23.0 Å². The van der Waals surface area contributed by atoms with E-state index in [-0.39, 0.29) is 0 Å². The molecule has 19 heavy (non-hydrogen) atoms. The number of hydrogen-bond donors (Lipinski definition) is 1. The number of rotatable bonds is 2. The SMILES string of the molecule is Cc1n[nH]c(C)c1S(=O)(=O)N1CCc2ncsc2C1. The van der Waals surface area contributed by atoms with Crippen molar-refractivity contribution >= 4 is 21.4 Å². The van der Waals surface area contributed by atoms with Gasteiger partial charge in [0, 0.05) is 17.8 Å². The Morgan fingerprint density at radius 1 is 1.42 bits per heavy atom. The van der Waals surface area contributed by atoms with Crippen molar-refractivity contribution in [2.24, 2.45) is 0 Å². The third-order valence-corrected chi connectivity index (χ3v) is 6.27. The first-order valence-electron chi connectivity index (χ1n) is 5.93. The lowest BCUT2D eigenvalue weighted by molar-refractivity contribution is 0.392. The number of H-pyrrole nitrogens is 1. The van der Waals surface area contributed by atoms with Gasteiger partial charge in [-0.05, 0) is 13.8 Å². The quantitative estimate of drug-likeness (QED) is 0.904. The molecule has 1 aliphatic heterocycles. The molecular formula is C11H14N4O2S2. The molecule has 3 heterocycles. The maximum Gasteiger partial charge on any atom is 0.247 e. The number of hydrogen-bond acceptors (Lipinski definition) is 5. The summed E-state index contributed by atoms with van der Waals surface area (Å²) in [5.41, 5.74) is 3.91. The summed E-state index contributed by atoms with van der Waals surface area (Å²) in [6.45, 7) is 4.32. The highest BCUT2D eigenvalue weighted by Gasteiger charge is 2.32. The van der Waals surface area contributed by atoms with E-state index in [4.69, 9.17) is 0 Å². The Labute approximate surface area is 115 Å². The molecule has 1 aliphatic rings. The molecule has 0 atom stereocenters. The average Bonchev–Trinajstić information content (AvgIpc) is 2.95. The summed E-state index contributed by atoms with van der Waals surface area (Å²) < 4.78 is 26.9. The molecule has 8 heteroatoms. The largest absolute Gasteiger partial charge is 0.281 e. The second-order valence-electron chi connectivity index (χ2n) is 4.57. The number of aryl methyl sites for hydroxylation is 2. The highest BCUT2D eigenvalue weighted by molar-refractivity contribution is 7.89. The second kappa shape index (κ2) is 4.39. The molecule has 0 aromatic carbocycles. The lowest BCUT2D eigenvalue weighted by Gasteiger charge is -2.25. The van der Waals surface area contributed by atoms with Crippen LogP contribution < -0.4 is 0 Å². The first-order chi connectivity index (χ1) is 9.00. The van der Waals surface area contributed by atoms with Crippen LogP contribution in [0, 0.1) is 13.8 Å². The predicted molar refractivity (Wildman–Crippen MR) is 71.5 cm³/mol. The van der Waals surface area contributed by atoms with Gasteiger partial charge in [-0.15, -0.1) is 11.3 Å². The van der Waals surface area contributed by atoms with Crippen LogP contribution in [0.1, 0.15) is 22.0 Å². The van der Waals surface area contributed by atoms with E-state index in [0.29, 0.717) is 35.8 Å². The van der Waals surface area contributed by atoms with Crippen molar-refractivity contribution in [1.29, 1.82) is 0 Å². The Balaban J connectivity index is 1.99. The van der Waals surface area contributed by atoms with Gasteiger partial charge in [0.05, 0.1) is 29.1 Å². The molecule has 0 amide bonds. The van der Waals surface area contributed by atoms with Gasteiger partial charge in [0.25, 0.3) is 0 Å². The number of fused-ring (bicyclic) bond motifs is 1. The fraction of sp³-hybridized carbons (Fsp3) is 0.455. The highest BCUT2D eigenvalue weighted by Crippen LogP contribution is 2.28. The zero-order valence-corrected chi connectivity index (χ0v) is 12.3. The summed E-state index contributed by atoms with van der Waals surface area (Å²) >= 11 is 1.51. The van der Waals surface area contributed by atoms with Crippen LogP contribution >= 0.6 is 11.3 Å². The molecule has 0 spiro atoms. The molecule has 102 valence electrons. The lowest BCUT2D eigenvalue weighted by Crippen LogP contribution is -2.36. The van der Waals surface area contributed by atoms with Gasteiger partial charge in [0.2, 0.25) is 10.0 Å². The number of nitrogens with one attached hydrogen (secondary N) is 1. The topological polar surface area (TPSA) is 79.0 Å². The van der Waals surface area contributed by atoms with E-state index < -0.39 is 10.0 Å². The third kappa shape index (κ3) is 1.99. The summed E-state index contributed by atoms with van der Waals surface area (Å²) in [4.78, 5) is 5.59. The third-order valence-electron chi connectivity index (χ3n) is 3.30. The van der Waals surface area contributed by atoms with E-state index in [1.54, 1.807) is 19.4 Å². The standard InChI is InChI=1S/C11H14N4O2S2/c1-7-11(8(2)14-13-7)19(16,17)15-4-3-9-10(5-15)18-6-12-9/h6H,3-5H2,1-2H3,(H,13,14). The zero-order valence-electron chi connectivity index (χ0n) is 10.7. The molecule has 6 nitrogen and oxygen atoms in total. The zero-order chi connectivity index (χ0) is 13.6. The molecule has 2 aromatic heterocycles. The van der Waals surface area contributed by atoms with Gasteiger partial charge in [0.1, 0.15) is 4.90 Å². The van der Waals surface area contributed by atoms with Crippen LogP contribution in [0.4, 0.5) is 0 Å². The van der Waals surface area contributed by atoms with Crippen molar-refractivity contribution in [3.05, 3.63) is 27.5 Å². The van der Waals surface area contributed by atoms with Crippen LogP contribution in [0.3, 0.4) is 0 Å². The summed E-state index contributed by atoms with van der Waals surface area (Å²) in [5, 5.41) is 6.70. The summed E-state index contributed by atoms with van der Waals surface area (Å²) in [6.07, 6.45) is 0.675. The molecular weight excluding hydrogens is 284 g/mol. The minimum absolute atomic E-state index is 0.306. The molecule has 0 radical (unpaired) electrons. The fourth-order valence-corrected chi connectivity index (χ4v) is 5.00.